The van der Waals surface area contributed by atoms with E-state index < -0.39 is 11.6 Å². The minimum atomic E-state index is -1.63. The van der Waals surface area contributed by atoms with Crippen molar-refractivity contribution in [2.24, 2.45) is 0 Å². The van der Waals surface area contributed by atoms with Gasteiger partial charge in [-0.25, -0.2) is 4.79 Å². The number of hydrogen-bond acceptors (Lipinski definition) is 3. The summed E-state index contributed by atoms with van der Waals surface area (Å²) in [4.78, 5) is 11.7. The lowest BCUT2D eigenvalue weighted by atomic mass is 9.90. The summed E-state index contributed by atoms with van der Waals surface area (Å²) in [6, 6.07) is 8.75. The van der Waals surface area contributed by atoms with Crippen LogP contribution in [0.25, 0.3) is 0 Å². The molecule has 16 heavy (non-hydrogen) atoms. The van der Waals surface area contributed by atoms with Gasteiger partial charge in [-0.05, 0) is 12.5 Å². The van der Waals surface area contributed by atoms with Gasteiger partial charge in [-0.2, -0.15) is 0 Å². The summed E-state index contributed by atoms with van der Waals surface area (Å²) in [7, 11) is 0. The molecule has 0 spiro atoms. The van der Waals surface area contributed by atoms with Gasteiger partial charge in [0.1, 0.15) is 0 Å². The zero-order valence-corrected chi connectivity index (χ0v) is 9.35. The van der Waals surface area contributed by atoms with Gasteiger partial charge in [0.2, 0.25) is 0 Å². The molecule has 0 saturated heterocycles. The molecule has 1 aromatic rings. The third-order valence-corrected chi connectivity index (χ3v) is 2.30. The molecule has 86 valence electrons. The number of rotatable bonds is 5. The van der Waals surface area contributed by atoms with E-state index in [2.05, 4.69) is 6.58 Å². The first kappa shape index (κ1) is 12.5. The van der Waals surface area contributed by atoms with Gasteiger partial charge in [-0.3, -0.25) is 0 Å². The van der Waals surface area contributed by atoms with Crippen LogP contribution in [-0.4, -0.2) is 17.7 Å². The molecule has 0 aliphatic carbocycles. The van der Waals surface area contributed by atoms with Gasteiger partial charge < -0.3 is 9.84 Å². The summed E-state index contributed by atoms with van der Waals surface area (Å²) in [5.74, 6) is -0.638. The number of carbonyl (C=O) groups excluding carboxylic acids is 1. The normalized spacial score (nSPS) is 13.9. The van der Waals surface area contributed by atoms with E-state index in [1.807, 2.05) is 6.07 Å². The quantitative estimate of drug-likeness (QED) is 0.610. The van der Waals surface area contributed by atoms with Crippen LogP contribution < -0.4 is 0 Å². The fourth-order valence-corrected chi connectivity index (χ4v) is 1.49. The Labute approximate surface area is 95.4 Å². The van der Waals surface area contributed by atoms with Crippen LogP contribution in [0, 0.1) is 0 Å². The SMILES string of the molecule is C=CC[C@@](O)(C(=O)OCC)c1ccccc1. The smallest absolute Gasteiger partial charge is 0.343 e. The Hall–Kier alpha value is -1.61. The first-order valence-corrected chi connectivity index (χ1v) is 5.21. The van der Waals surface area contributed by atoms with Crippen molar-refractivity contribution in [3.05, 3.63) is 48.6 Å². The molecular formula is C13H16O3. The molecule has 0 saturated carbocycles. The number of hydrogen-bond donors (Lipinski definition) is 1. The Morgan fingerprint density at radius 1 is 1.50 bits per heavy atom. The second kappa shape index (κ2) is 5.47. The molecule has 3 heteroatoms. The topological polar surface area (TPSA) is 46.5 Å². The Balaban J connectivity index is 3.05. The van der Waals surface area contributed by atoms with Crippen LogP contribution in [0.5, 0.6) is 0 Å². The summed E-state index contributed by atoms with van der Waals surface area (Å²) in [5.41, 5.74) is -1.10. The number of aliphatic hydroxyl groups is 1. The summed E-state index contributed by atoms with van der Waals surface area (Å²) in [6.07, 6.45) is 1.64. The average molecular weight is 220 g/mol. The molecule has 0 aliphatic heterocycles. The van der Waals surface area contributed by atoms with E-state index in [0.717, 1.165) is 0 Å². The second-order valence-electron chi connectivity index (χ2n) is 3.44. The van der Waals surface area contributed by atoms with Crippen LogP contribution >= 0.6 is 0 Å². The van der Waals surface area contributed by atoms with Gasteiger partial charge in [0, 0.05) is 6.42 Å². The molecule has 0 fully saturated rings. The van der Waals surface area contributed by atoms with Crippen molar-refractivity contribution < 1.29 is 14.6 Å². The van der Waals surface area contributed by atoms with E-state index >= 15 is 0 Å². The van der Waals surface area contributed by atoms with Crippen molar-refractivity contribution in [2.45, 2.75) is 18.9 Å². The molecule has 1 N–H and O–H groups in total. The zero-order chi connectivity index (χ0) is 12.0. The Bertz CT molecular complexity index is 359. The second-order valence-corrected chi connectivity index (χ2v) is 3.44. The molecule has 1 rings (SSSR count). The van der Waals surface area contributed by atoms with Crippen molar-refractivity contribution in [1.82, 2.24) is 0 Å². The van der Waals surface area contributed by atoms with Gasteiger partial charge in [0.05, 0.1) is 6.61 Å². The van der Waals surface area contributed by atoms with Gasteiger partial charge >= 0.3 is 5.97 Å². The van der Waals surface area contributed by atoms with E-state index in [0.29, 0.717) is 5.56 Å². The van der Waals surface area contributed by atoms with Crippen molar-refractivity contribution >= 4 is 5.97 Å². The molecule has 3 nitrogen and oxygen atoms in total. The number of esters is 1. The van der Waals surface area contributed by atoms with Crippen molar-refractivity contribution in [3.8, 4) is 0 Å². The predicted molar refractivity (Wildman–Crippen MR) is 61.8 cm³/mol. The lowest BCUT2D eigenvalue weighted by Gasteiger charge is -2.24. The van der Waals surface area contributed by atoms with Crippen molar-refractivity contribution in [2.75, 3.05) is 6.61 Å². The highest BCUT2D eigenvalue weighted by Gasteiger charge is 2.38. The summed E-state index contributed by atoms with van der Waals surface area (Å²) < 4.78 is 4.88. The highest BCUT2D eigenvalue weighted by atomic mass is 16.5. The largest absolute Gasteiger partial charge is 0.464 e. The fraction of sp³-hybridized carbons (Fsp3) is 0.308. The van der Waals surface area contributed by atoms with E-state index in [4.69, 9.17) is 4.74 Å². The third kappa shape index (κ3) is 2.49. The van der Waals surface area contributed by atoms with Crippen LogP contribution in [0.4, 0.5) is 0 Å². The molecule has 1 aromatic carbocycles. The van der Waals surface area contributed by atoms with E-state index in [9.17, 15) is 9.90 Å². The summed E-state index contributed by atoms with van der Waals surface area (Å²) in [6.45, 7) is 5.49. The Kier molecular flexibility index (Phi) is 4.26. The Morgan fingerprint density at radius 3 is 2.62 bits per heavy atom. The van der Waals surface area contributed by atoms with Crippen LogP contribution in [0.1, 0.15) is 18.9 Å². The fourth-order valence-electron chi connectivity index (χ4n) is 1.49. The average Bonchev–Trinajstić information content (AvgIpc) is 2.30. The van der Waals surface area contributed by atoms with Gasteiger partial charge in [-0.15, -0.1) is 6.58 Å². The molecule has 1 atom stereocenters. The molecule has 0 radical (unpaired) electrons. The van der Waals surface area contributed by atoms with E-state index in [-0.39, 0.29) is 13.0 Å². The lowest BCUT2D eigenvalue weighted by Crippen LogP contribution is -2.36. The maximum absolute atomic E-state index is 11.7. The maximum Gasteiger partial charge on any atom is 0.343 e. The van der Waals surface area contributed by atoms with E-state index in [1.165, 1.54) is 6.08 Å². The van der Waals surface area contributed by atoms with Gasteiger partial charge in [-0.1, -0.05) is 36.4 Å². The summed E-state index contributed by atoms with van der Waals surface area (Å²) >= 11 is 0. The lowest BCUT2D eigenvalue weighted by molar-refractivity contribution is -0.166. The molecule has 0 aromatic heterocycles. The number of carbonyl (C=O) groups is 1. The molecule has 0 unspecified atom stereocenters. The van der Waals surface area contributed by atoms with Gasteiger partial charge in [0.25, 0.3) is 0 Å². The minimum Gasteiger partial charge on any atom is -0.464 e. The Morgan fingerprint density at radius 2 is 2.12 bits per heavy atom. The minimum absolute atomic E-state index is 0.135. The molecular weight excluding hydrogens is 204 g/mol. The molecule has 0 amide bonds. The van der Waals surface area contributed by atoms with Crippen LogP contribution in [0.2, 0.25) is 0 Å². The predicted octanol–water partition coefficient (Wildman–Crippen LogP) is 2.01. The van der Waals surface area contributed by atoms with E-state index in [1.54, 1.807) is 31.2 Å². The highest BCUT2D eigenvalue weighted by molar-refractivity contribution is 5.81. The maximum atomic E-state index is 11.7. The van der Waals surface area contributed by atoms with Gasteiger partial charge in [0.15, 0.2) is 5.60 Å². The van der Waals surface area contributed by atoms with Crippen LogP contribution in [0.3, 0.4) is 0 Å². The summed E-state index contributed by atoms with van der Waals surface area (Å²) in [5, 5.41) is 10.3. The first-order valence-electron chi connectivity index (χ1n) is 5.21. The standard InChI is InChI=1S/C13H16O3/c1-3-10-13(15,12(14)16-4-2)11-8-6-5-7-9-11/h3,5-9,15H,1,4,10H2,2H3/t13-/m0/s1. The third-order valence-electron chi connectivity index (χ3n) is 2.30. The van der Waals surface area contributed by atoms with Crippen LogP contribution in [-0.2, 0) is 15.1 Å². The number of benzene rings is 1. The highest BCUT2D eigenvalue weighted by Crippen LogP contribution is 2.26. The zero-order valence-electron chi connectivity index (χ0n) is 9.35. The molecule has 0 aliphatic rings. The monoisotopic (exact) mass is 220 g/mol. The van der Waals surface area contributed by atoms with Crippen molar-refractivity contribution in [3.63, 3.8) is 0 Å². The molecule has 0 heterocycles. The first-order chi connectivity index (χ1) is 7.65. The molecule has 0 bridgehead atoms. The van der Waals surface area contributed by atoms with Crippen molar-refractivity contribution in [1.29, 1.82) is 0 Å². The number of ether oxygens (including phenoxy) is 1. The van der Waals surface area contributed by atoms with Crippen LogP contribution in [0.15, 0.2) is 43.0 Å².